The fourth-order valence-electron chi connectivity index (χ4n) is 2.43. The minimum absolute atomic E-state index is 0.0160. The molecular weight excluding hydrogens is 212 g/mol. The zero-order valence-corrected chi connectivity index (χ0v) is 9.50. The molecular formula is C15H14O2. The van der Waals surface area contributed by atoms with Crippen LogP contribution in [0, 0.1) is 5.92 Å². The van der Waals surface area contributed by atoms with E-state index in [9.17, 15) is 4.79 Å². The largest absolute Gasteiger partial charge is 0.461 e. The summed E-state index contributed by atoms with van der Waals surface area (Å²) in [6.45, 7) is 0. The molecule has 3 rings (SSSR count). The third-order valence-electron chi connectivity index (χ3n) is 3.32. The third-order valence-corrected chi connectivity index (χ3v) is 3.32. The molecule has 86 valence electrons. The van der Waals surface area contributed by atoms with Gasteiger partial charge in [-0.05, 0) is 11.1 Å². The van der Waals surface area contributed by atoms with Crippen molar-refractivity contribution in [2.45, 2.75) is 18.9 Å². The Kier molecular flexibility index (Phi) is 2.56. The van der Waals surface area contributed by atoms with E-state index in [4.69, 9.17) is 4.74 Å². The summed E-state index contributed by atoms with van der Waals surface area (Å²) in [5.74, 6) is -0.313. The molecule has 1 aromatic rings. The van der Waals surface area contributed by atoms with Gasteiger partial charge >= 0.3 is 5.97 Å². The average molecular weight is 226 g/mol. The van der Waals surface area contributed by atoms with Crippen LogP contribution >= 0.6 is 0 Å². The Balaban J connectivity index is 1.64. The van der Waals surface area contributed by atoms with Crippen molar-refractivity contribution in [3.05, 3.63) is 59.7 Å². The van der Waals surface area contributed by atoms with Gasteiger partial charge in [-0.3, -0.25) is 4.79 Å². The number of carbonyl (C=O) groups is 1. The van der Waals surface area contributed by atoms with E-state index in [1.807, 2.05) is 36.4 Å². The molecule has 1 aromatic carbocycles. The first-order valence-corrected chi connectivity index (χ1v) is 5.95. The van der Waals surface area contributed by atoms with Gasteiger partial charge < -0.3 is 4.74 Å². The van der Waals surface area contributed by atoms with Crippen molar-refractivity contribution >= 4 is 5.97 Å². The monoisotopic (exact) mass is 226 g/mol. The fraction of sp³-hybridized carbons (Fsp3) is 0.267. The molecule has 2 aliphatic carbocycles. The molecule has 2 heteroatoms. The Bertz CT molecular complexity index is 462. The summed E-state index contributed by atoms with van der Waals surface area (Å²) in [6, 6.07) is 8.29. The molecule has 0 atom stereocenters. The molecule has 0 aromatic heterocycles. The van der Waals surface area contributed by atoms with Gasteiger partial charge in [0, 0.05) is 12.8 Å². The quantitative estimate of drug-likeness (QED) is 0.724. The van der Waals surface area contributed by atoms with E-state index in [1.54, 1.807) is 0 Å². The van der Waals surface area contributed by atoms with E-state index in [2.05, 4.69) is 12.1 Å². The van der Waals surface area contributed by atoms with Crippen molar-refractivity contribution in [1.82, 2.24) is 0 Å². The van der Waals surface area contributed by atoms with E-state index in [1.165, 1.54) is 11.1 Å². The molecule has 17 heavy (non-hydrogen) atoms. The number of benzene rings is 1. The number of allylic oxidation sites excluding steroid dienone is 2. The van der Waals surface area contributed by atoms with Crippen molar-refractivity contribution in [2.75, 3.05) is 0 Å². The van der Waals surface area contributed by atoms with Crippen LogP contribution in [0.15, 0.2) is 48.6 Å². The summed E-state index contributed by atoms with van der Waals surface area (Å²) in [6.07, 6.45) is 9.21. The van der Waals surface area contributed by atoms with E-state index in [0.717, 1.165) is 12.8 Å². The number of esters is 1. The number of ether oxygens (including phenoxy) is 1. The molecule has 0 saturated carbocycles. The molecule has 0 bridgehead atoms. The van der Waals surface area contributed by atoms with Crippen LogP contribution in [0.4, 0.5) is 0 Å². The zero-order valence-electron chi connectivity index (χ0n) is 9.50. The summed E-state index contributed by atoms with van der Waals surface area (Å²) < 4.78 is 5.54. The van der Waals surface area contributed by atoms with Gasteiger partial charge in [-0.15, -0.1) is 0 Å². The molecule has 2 aliphatic rings. The first kappa shape index (κ1) is 10.3. The lowest BCUT2D eigenvalue weighted by atomic mass is 10.1. The minimum Gasteiger partial charge on any atom is -0.461 e. The molecule has 2 nitrogen and oxygen atoms in total. The molecule has 0 heterocycles. The van der Waals surface area contributed by atoms with Crippen LogP contribution in [0.2, 0.25) is 0 Å². The maximum absolute atomic E-state index is 11.8. The highest BCUT2D eigenvalue weighted by Crippen LogP contribution is 2.25. The van der Waals surface area contributed by atoms with E-state index < -0.39 is 0 Å². The second kappa shape index (κ2) is 4.21. The Labute approximate surface area is 101 Å². The smallest absolute Gasteiger partial charge is 0.316 e. The van der Waals surface area contributed by atoms with Gasteiger partial charge in [0.15, 0.2) is 0 Å². The van der Waals surface area contributed by atoms with Crippen LogP contribution < -0.4 is 0 Å². The maximum atomic E-state index is 11.8. The number of hydrogen-bond acceptors (Lipinski definition) is 2. The standard InChI is InChI=1S/C15H14O2/c16-15(11-5-1-2-6-11)17-14-9-12-7-3-4-8-13(12)10-14/h1-8,11,14H,9-10H2. The van der Waals surface area contributed by atoms with Crippen LogP contribution in [0.3, 0.4) is 0 Å². The van der Waals surface area contributed by atoms with Gasteiger partial charge in [0.2, 0.25) is 0 Å². The van der Waals surface area contributed by atoms with Crippen LogP contribution in [0.25, 0.3) is 0 Å². The van der Waals surface area contributed by atoms with Gasteiger partial charge in [-0.25, -0.2) is 0 Å². The molecule has 0 radical (unpaired) electrons. The topological polar surface area (TPSA) is 26.3 Å². The predicted molar refractivity (Wildman–Crippen MR) is 65.5 cm³/mol. The summed E-state index contributed by atoms with van der Waals surface area (Å²) in [4.78, 5) is 11.8. The van der Waals surface area contributed by atoms with Crippen LogP contribution in [0.5, 0.6) is 0 Å². The fourth-order valence-corrected chi connectivity index (χ4v) is 2.43. The Morgan fingerprint density at radius 3 is 2.24 bits per heavy atom. The lowest BCUT2D eigenvalue weighted by Gasteiger charge is -2.13. The highest BCUT2D eigenvalue weighted by molar-refractivity contribution is 5.77. The van der Waals surface area contributed by atoms with Crippen molar-refractivity contribution < 1.29 is 9.53 Å². The highest BCUT2D eigenvalue weighted by Gasteiger charge is 2.26. The number of rotatable bonds is 2. The summed E-state index contributed by atoms with van der Waals surface area (Å²) in [5.41, 5.74) is 2.62. The number of carbonyl (C=O) groups excluding carboxylic acids is 1. The molecule has 0 aliphatic heterocycles. The SMILES string of the molecule is O=C(OC1Cc2ccccc2C1)C1C=CC=C1. The number of hydrogen-bond donors (Lipinski definition) is 0. The summed E-state index contributed by atoms with van der Waals surface area (Å²) in [7, 11) is 0. The molecule has 0 amide bonds. The van der Waals surface area contributed by atoms with E-state index in [0.29, 0.717) is 0 Å². The van der Waals surface area contributed by atoms with Crippen molar-refractivity contribution in [3.8, 4) is 0 Å². The lowest BCUT2D eigenvalue weighted by Crippen LogP contribution is -2.22. The van der Waals surface area contributed by atoms with Crippen LogP contribution in [-0.4, -0.2) is 12.1 Å². The average Bonchev–Trinajstić information content (AvgIpc) is 2.97. The van der Waals surface area contributed by atoms with Crippen molar-refractivity contribution in [3.63, 3.8) is 0 Å². The van der Waals surface area contributed by atoms with Gasteiger partial charge in [0.05, 0.1) is 5.92 Å². The second-order valence-corrected chi connectivity index (χ2v) is 4.53. The molecule has 0 spiro atoms. The molecule has 0 N–H and O–H groups in total. The van der Waals surface area contributed by atoms with E-state index in [-0.39, 0.29) is 18.0 Å². The molecule has 0 saturated heterocycles. The third kappa shape index (κ3) is 2.03. The molecule has 0 unspecified atom stereocenters. The van der Waals surface area contributed by atoms with Gasteiger partial charge in [-0.2, -0.15) is 0 Å². The lowest BCUT2D eigenvalue weighted by molar-refractivity contribution is -0.150. The first-order chi connectivity index (χ1) is 8.33. The second-order valence-electron chi connectivity index (χ2n) is 4.53. The van der Waals surface area contributed by atoms with Crippen molar-refractivity contribution in [1.29, 1.82) is 0 Å². The zero-order chi connectivity index (χ0) is 11.7. The summed E-state index contributed by atoms with van der Waals surface area (Å²) in [5, 5.41) is 0. The van der Waals surface area contributed by atoms with Gasteiger partial charge in [0.25, 0.3) is 0 Å². The van der Waals surface area contributed by atoms with Crippen LogP contribution in [0.1, 0.15) is 11.1 Å². The van der Waals surface area contributed by atoms with E-state index >= 15 is 0 Å². The maximum Gasteiger partial charge on any atom is 0.316 e. The van der Waals surface area contributed by atoms with Crippen molar-refractivity contribution in [2.24, 2.45) is 5.92 Å². The Morgan fingerprint density at radius 2 is 1.65 bits per heavy atom. The number of fused-ring (bicyclic) bond motifs is 1. The first-order valence-electron chi connectivity index (χ1n) is 5.95. The normalized spacial score (nSPS) is 18.6. The summed E-state index contributed by atoms with van der Waals surface area (Å²) >= 11 is 0. The minimum atomic E-state index is -0.182. The molecule has 0 fully saturated rings. The Morgan fingerprint density at radius 1 is 1.06 bits per heavy atom. The highest BCUT2D eigenvalue weighted by atomic mass is 16.5. The Hall–Kier alpha value is -1.83. The van der Waals surface area contributed by atoms with Gasteiger partial charge in [-0.1, -0.05) is 48.6 Å². The van der Waals surface area contributed by atoms with Gasteiger partial charge in [0.1, 0.15) is 6.10 Å². The predicted octanol–water partition coefficient (Wildman–Crippen LogP) is 2.44. The van der Waals surface area contributed by atoms with Crippen LogP contribution in [-0.2, 0) is 22.4 Å².